The number of anilines is 4. The number of ether oxygens (including phenoxy) is 1. The zero-order chi connectivity index (χ0) is 23.8. The number of hydrogen-bond donors (Lipinski definition) is 2. The fraction of sp³-hybridized carbons (Fsp3) is 0.560. The van der Waals surface area contributed by atoms with Crippen LogP contribution >= 0.6 is 12.2 Å². The van der Waals surface area contributed by atoms with E-state index in [1.807, 2.05) is 0 Å². The summed E-state index contributed by atoms with van der Waals surface area (Å²) in [6.07, 6.45) is 3.36. The third-order valence-electron chi connectivity index (χ3n) is 6.44. The van der Waals surface area contributed by atoms with Crippen LogP contribution in [-0.2, 0) is 4.74 Å². The monoisotopic (exact) mass is 483 g/mol. The Bertz CT molecular complexity index is 921. The van der Waals surface area contributed by atoms with Crippen molar-refractivity contribution < 1.29 is 4.74 Å². The molecule has 0 bridgehead atoms. The number of nitrogens with zero attached hydrogens (tertiary/aromatic N) is 5. The molecule has 0 spiro atoms. The Morgan fingerprint density at radius 2 is 1.74 bits per heavy atom. The van der Waals surface area contributed by atoms with Crippen LogP contribution < -0.4 is 25.3 Å². The molecule has 9 heteroatoms. The number of nitrogens with one attached hydrogen (secondary N) is 2. The summed E-state index contributed by atoms with van der Waals surface area (Å²) >= 11 is 5.50. The molecule has 2 aliphatic heterocycles. The molecule has 1 aromatic heterocycles. The Labute approximate surface area is 208 Å². The summed E-state index contributed by atoms with van der Waals surface area (Å²) in [5.74, 6) is 3.16. The Balaban J connectivity index is 1.47. The minimum atomic E-state index is 0.542. The molecule has 0 amide bonds. The lowest BCUT2D eigenvalue weighted by Gasteiger charge is -2.37. The number of thiocarbonyl (C=S) groups is 1. The van der Waals surface area contributed by atoms with Gasteiger partial charge in [0.1, 0.15) is 11.6 Å². The molecule has 2 aromatic rings. The highest BCUT2D eigenvalue weighted by Gasteiger charge is 2.23. The molecule has 34 heavy (non-hydrogen) atoms. The molecule has 0 saturated carbocycles. The van der Waals surface area contributed by atoms with Crippen molar-refractivity contribution in [3.8, 4) is 0 Å². The molecule has 2 N–H and O–H groups in total. The minimum Gasteiger partial charge on any atom is -0.385 e. The lowest BCUT2D eigenvalue weighted by Crippen LogP contribution is -2.47. The van der Waals surface area contributed by atoms with Gasteiger partial charge in [0.2, 0.25) is 5.95 Å². The predicted molar refractivity (Wildman–Crippen MR) is 144 cm³/mol. The van der Waals surface area contributed by atoms with E-state index in [0.29, 0.717) is 23.6 Å². The second-order valence-corrected chi connectivity index (χ2v) is 9.55. The van der Waals surface area contributed by atoms with Crippen LogP contribution in [0.1, 0.15) is 26.2 Å². The molecule has 1 atom stereocenters. The summed E-state index contributed by atoms with van der Waals surface area (Å²) in [7, 11) is 1.71. The van der Waals surface area contributed by atoms with Gasteiger partial charge in [-0.25, -0.2) is 0 Å². The molecule has 1 aromatic carbocycles. The van der Waals surface area contributed by atoms with Gasteiger partial charge >= 0.3 is 0 Å². The molecule has 3 heterocycles. The van der Waals surface area contributed by atoms with Crippen LogP contribution in [-0.4, -0.2) is 74.6 Å². The molecule has 184 valence electrons. The fourth-order valence-electron chi connectivity index (χ4n) is 4.60. The van der Waals surface area contributed by atoms with Crippen molar-refractivity contribution in [2.75, 3.05) is 79.5 Å². The largest absolute Gasteiger partial charge is 0.385 e. The molecular formula is C25H37N7OS. The third-order valence-corrected chi connectivity index (χ3v) is 6.69. The topological polar surface area (TPSA) is 68.8 Å². The Morgan fingerprint density at radius 3 is 2.44 bits per heavy atom. The van der Waals surface area contributed by atoms with Crippen molar-refractivity contribution >= 4 is 40.6 Å². The van der Waals surface area contributed by atoms with Crippen LogP contribution in [0, 0.1) is 5.92 Å². The number of hydrogen-bond acceptors (Lipinski definition) is 7. The lowest BCUT2D eigenvalue weighted by molar-refractivity contribution is 0.196. The van der Waals surface area contributed by atoms with Gasteiger partial charge in [0.05, 0.1) is 0 Å². The van der Waals surface area contributed by atoms with E-state index in [1.54, 1.807) is 7.11 Å². The van der Waals surface area contributed by atoms with E-state index in [0.717, 1.165) is 63.9 Å². The number of aromatic nitrogens is 2. The van der Waals surface area contributed by atoms with E-state index < -0.39 is 0 Å². The van der Waals surface area contributed by atoms with Crippen molar-refractivity contribution in [3.63, 3.8) is 0 Å². The van der Waals surface area contributed by atoms with E-state index in [2.05, 4.69) is 68.7 Å². The van der Waals surface area contributed by atoms with Crippen LogP contribution in [0.4, 0.5) is 23.3 Å². The molecule has 0 radical (unpaired) electrons. The van der Waals surface area contributed by atoms with E-state index in [-0.39, 0.29) is 0 Å². The van der Waals surface area contributed by atoms with Gasteiger partial charge in [-0.3, -0.25) is 0 Å². The van der Waals surface area contributed by atoms with Gasteiger partial charge in [-0.2, -0.15) is 9.97 Å². The molecule has 0 aliphatic carbocycles. The standard InChI is InChI=1S/C25H37N7OS/c1-20-8-6-12-32(19-20)23-18-22(27-24(28-23)29-25(34)26-11-7-17-33-2)31-15-13-30(14-16-31)21-9-4-3-5-10-21/h3-5,9-10,18,20H,6-8,11-17,19H2,1-2H3,(H2,26,27,28,29,34). The van der Waals surface area contributed by atoms with Crippen LogP contribution in [0.25, 0.3) is 0 Å². The van der Waals surface area contributed by atoms with Crippen LogP contribution in [0.3, 0.4) is 0 Å². The van der Waals surface area contributed by atoms with Crippen molar-refractivity contribution in [1.82, 2.24) is 15.3 Å². The first-order chi connectivity index (χ1) is 16.6. The number of piperazine rings is 1. The summed E-state index contributed by atoms with van der Waals surface area (Å²) in [6, 6.07) is 12.8. The van der Waals surface area contributed by atoms with Gasteiger partial charge in [-0.1, -0.05) is 25.1 Å². The maximum atomic E-state index is 5.50. The summed E-state index contributed by atoms with van der Waals surface area (Å²) in [5.41, 5.74) is 1.28. The first-order valence-electron chi connectivity index (χ1n) is 12.3. The lowest BCUT2D eigenvalue weighted by atomic mass is 10.0. The number of piperidine rings is 1. The van der Waals surface area contributed by atoms with Crippen LogP contribution in [0.2, 0.25) is 0 Å². The Hall–Kier alpha value is -2.65. The molecule has 2 aliphatic rings. The molecule has 8 nitrogen and oxygen atoms in total. The van der Waals surface area contributed by atoms with Crippen molar-refractivity contribution in [3.05, 3.63) is 36.4 Å². The minimum absolute atomic E-state index is 0.542. The summed E-state index contributed by atoms with van der Waals surface area (Å²) in [5, 5.41) is 6.98. The van der Waals surface area contributed by atoms with Crippen LogP contribution in [0.5, 0.6) is 0 Å². The van der Waals surface area contributed by atoms with E-state index in [1.165, 1.54) is 18.5 Å². The number of rotatable bonds is 8. The van der Waals surface area contributed by atoms with Crippen LogP contribution in [0.15, 0.2) is 36.4 Å². The van der Waals surface area contributed by atoms with Gasteiger partial charge in [-0.15, -0.1) is 0 Å². The predicted octanol–water partition coefficient (Wildman–Crippen LogP) is 3.36. The Kier molecular flexibility index (Phi) is 8.76. The highest BCUT2D eigenvalue weighted by atomic mass is 32.1. The van der Waals surface area contributed by atoms with Gasteiger partial charge in [0, 0.05) is 71.3 Å². The highest BCUT2D eigenvalue weighted by molar-refractivity contribution is 7.80. The SMILES string of the molecule is COCCCNC(=S)Nc1nc(N2CCN(c3ccccc3)CC2)cc(N2CCCC(C)C2)n1. The first kappa shape index (κ1) is 24.5. The maximum Gasteiger partial charge on any atom is 0.232 e. The molecule has 2 fully saturated rings. The number of methoxy groups -OCH3 is 1. The van der Waals surface area contributed by atoms with Gasteiger partial charge in [0.15, 0.2) is 5.11 Å². The van der Waals surface area contributed by atoms with E-state index in [9.17, 15) is 0 Å². The second kappa shape index (κ2) is 12.2. The fourth-order valence-corrected chi connectivity index (χ4v) is 4.79. The Morgan fingerprint density at radius 1 is 1.03 bits per heavy atom. The second-order valence-electron chi connectivity index (χ2n) is 9.14. The summed E-state index contributed by atoms with van der Waals surface area (Å²) in [6.45, 7) is 9.58. The maximum absolute atomic E-state index is 5.50. The first-order valence-corrected chi connectivity index (χ1v) is 12.8. The number of para-hydroxylation sites is 1. The molecular weight excluding hydrogens is 446 g/mol. The number of benzene rings is 1. The molecule has 1 unspecified atom stereocenters. The van der Waals surface area contributed by atoms with Crippen molar-refractivity contribution in [2.24, 2.45) is 5.92 Å². The summed E-state index contributed by atoms with van der Waals surface area (Å²) < 4.78 is 5.11. The average Bonchev–Trinajstić information content (AvgIpc) is 2.87. The van der Waals surface area contributed by atoms with E-state index >= 15 is 0 Å². The van der Waals surface area contributed by atoms with Crippen molar-refractivity contribution in [2.45, 2.75) is 26.2 Å². The zero-order valence-electron chi connectivity index (χ0n) is 20.4. The van der Waals surface area contributed by atoms with Gasteiger partial charge in [-0.05, 0) is 49.5 Å². The smallest absolute Gasteiger partial charge is 0.232 e. The summed E-state index contributed by atoms with van der Waals surface area (Å²) in [4.78, 5) is 16.9. The third kappa shape index (κ3) is 6.70. The quantitative estimate of drug-likeness (QED) is 0.434. The average molecular weight is 484 g/mol. The zero-order valence-corrected chi connectivity index (χ0v) is 21.2. The van der Waals surface area contributed by atoms with Gasteiger partial charge < -0.3 is 30.1 Å². The molecule has 2 saturated heterocycles. The highest BCUT2D eigenvalue weighted by Crippen LogP contribution is 2.27. The van der Waals surface area contributed by atoms with Gasteiger partial charge in [0.25, 0.3) is 0 Å². The van der Waals surface area contributed by atoms with Crippen molar-refractivity contribution in [1.29, 1.82) is 0 Å². The van der Waals surface area contributed by atoms with E-state index in [4.69, 9.17) is 26.9 Å². The molecule has 4 rings (SSSR count). The normalized spacial score (nSPS) is 18.6.